The molecule has 0 unspecified atom stereocenters. The molecule has 0 saturated carbocycles. The van der Waals surface area contributed by atoms with Gasteiger partial charge in [-0.05, 0) is 48.8 Å². The molecule has 3 aromatic rings. The van der Waals surface area contributed by atoms with Gasteiger partial charge in [-0.1, -0.05) is 49.4 Å². The highest BCUT2D eigenvalue weighted by Crippen LogP contribution is 2.38. The number of rotatable bonds is 7. The van der Waals surface area contributed by atoms with E-state index in [-0.39, 0.29) is 23.8 Å². The van der Waals surface area contributed by atoms with Crippen molar-refractivity contribution in [1.29, 1.82) is 0 Å². The summed E-state index contributed by atoms with van der Waals surface area (Å²) in [5, 5.41) is 8.41. The molecule has 0 radical (unpaired) electrons. The van der Waals surface area contributed by atoms with Crippen LogP contribution >= 0.6 is 11.3 Å². The number of benzene rings is 2. The summed E-state index contributed by atoms with van der Waals surface area (Å²) in [6.45, 7) is 3.76. The Balaban J connectivity index is 1.40. The number of likely N-dealkylation sites (tertiary alicyclic amines) is 1. The highest BCUT2D eigenvalue weighted by atomic mass is 32.1. The molecule has 3 N–H and O–H groups in total. The number of hydrogen-bond donors (Lipinski definition) is 2. The Morgan fingerprint density at radius 1 is 1.17 bits per heavy atom. The molecule has 8 heteroatoms. The molecule has 7 nitrogen and oxygen atoms in total. The molecule has 0 spiro atoms. The predicted molar refractivity (Wildman–Crippen MR) is 142 cm³/mol. The van der Waals surface area contributed by atoms with Crippen molar-refractivity contribution in [1.82, 2.24) is 15.2 Å². The van der Waals surface area contributed by atoms with E-state index < -0.39 is 12.1 Å². The molecule has 2 fully saturated rings. The van der Waals surface area contributed by atoms with E-state index in [1.54, 1.807) is 11.3 Å². The fourth-order valence-corrected chi connectivity index (χ4v) is 6.32. The summed E-state index contributed by atoms with van der Waals surface area (Å²) in [4.78, 5) is 33.6. The molecule has 0 aliphatic carbocycles. The van der Waals surface area contributed by atoms with E-state index in [4.69, 9.17) is 15.5 Å². The van der Waals surface area contributed by atoms with Crippen molar-refractivity contribution < 1.29 is 14.3 Å². The highest BCUT2D eigenvalue weighted by Gasteiger charge is 2.40. The van der Waals surface area contributed by atoms with E-state index in [1.165, 1.54) is 10.8 Å². The fourth-order valence-electron chi connectivity index (χ4n) is 5.36. The number of hydrogen-bond acceptors (Lipinski definition) is 6. The van der Waals surface area contributed by atoms with E-state index in [0.717, 1.165) is 41.9 Å². The van der Waals surface area contributed by atoms with Gasteiger partial charge in [0.2, 0.25) is 11.8 Å². The molecule has 36 heavy (non-hydrogen) atoms. The number of thiazole rings is 1. The van der Waals surface area contributed by atoms with Gasteiger partial charge < -0.3 is 20.7 Å². The minimum absolute atomic E-state index is 0.0250. The minimum Gasteiger partial charge on any atom is -0.381 e. The van der Waals surface area contributed by atoms with Crippen molar-refractivity contribution in [2.75, 3.05) is 19.8 Å². The van der Waals surface area contributed by atoms with Gasteiger partial charge in [0, 0.05) is 30.7 Å². The summed E-state index contributed by atoms with van der Waals surface area (Å²) in [5.74, 6) is -0.239. The minimum atomic E-state index is -0.614. The number of nitrogens with zero attached hydrogens (tertiary/aromatic N) is 2. The van der Waals surface area contributed by atoms with Gasteiger partial charge in [-0.25, -0.2) is 4.98 Å². The van der Waals surface area contributed by atoms with Crippen LogP contribution in [0.25, 0.3) is 22.0 Å². The van der Waals surface area contributed by atoms with Gasteiger partial charge in [0.15, 0.2) is 0 Å². The first kappa shape index (κ1) is 24.9. The summed E-state index contributed by atoms with van der Waals surface area (Å²) in [6, 6.07) is 13.3. The summed E-state index contributed by atoms with van der Waals surface area (Å²) in [5.41, 5.74) is 8.04. The molecule has 0 bridgehead atoms. The number of amides is 2. The van der Waals surface area contributed by atoms with Crippen molar-refractivity contribution in [3.63, 3.8) is 0 Å². The Morgan fingerprint density at radius 2 is 1.94 bits per heavy atom. The smallest absolute Gasteiger partial charge is 0.246 e. The van der Waals surface area contributed by atoms with Crippen molar-refractivity contribution >= 4 is 33.9 Å². The lowest BCUT2D eigenvalue weighted by Crippen LogP contribution is -2.56. The number of fused-ring (bicyclic) bond motifs is 1. The molecule has 5 rings (SSSR count). The SMILES string of the molecule is CC[C@H](N)C(=O)N[C@H](C(=O)N1CCC[C@H]1c1nc(-c2cccc3ccccc23)cs1)C1CCOCC1. The first-order valence-corrected chi connectivity index (χ1v) is 13.8. The molecule has 1 aromatic heterocycles. The lowest BCUT2D eigenvalue weighted by molar-refractivity contribution is -0.140. The Bertz CT molecular complexity index is 1220. The van der Waals surface area contributed by atoms with Crippen molar-refractivity contribution in [2.24, 2.45) is 11.7 Å². The zero-order valence-corrected chi connectivity index (χ0v) is 21.5. The van der Waals surface area contributed by atoms with Gasteiger partial charge in [-0.15, -0.1) is 11.3 Å². The second kappa shape index (κ2) is 11.1. The number of carbonyl (C=O) groups is 2. The largest absolute Gasteiger partial charge is 0.381 e. The molecule has 3 heterocycles. The van der Waals surface area contributed by atoms with E-state index >= 15 is 0 Å². The van der Waals surface area contributed by atoms with Gasteiger partial charge in [-0.2, -0.15) is 0 Å². The van der Waals surface area contributed by atoms with Crippen LogP contribution in [0, 0.1) is 5.92 Å². The first-order chi connectivity index (χ1) is 17.6. The third-order valence-corrected chi connectivity index (χ3v) is 8.43. The van der Waals surface area contributed by atoms with Crippen LogP contribution in [0.1, 0.15) is 50.1 Å². The quantitative estimate of drug-likeness (QED) is 0.499. The van der Waals surface area contributed by atoms with E-state index in [2.05, 4.69) is 41.0 Å². The monoisotopic (exact) mass is 506 g/mol. The van der Waals surface area contributed by atoms with Crippen LogP contribution in [0.5, 0.6) is 0 Å². The average Bonchev–Trinajstić information content (AvgIpc) is 3.61. The Hall–Kier alpha value is -2.81. The zero-order valence-electron chi connectivity index (χ0n) is 20.7. The maximum Gasteiger partial charge on any atom is 0.246 e. The van der Waals surface area contributed by atoms with E-state index in [1.807, 2.05) is 24.0 Å². The fraction of sp³-hybridized carbons (Fsp3) is 0.464. The van der Waals surface area contributed by atoms with Crippen molar-refractivity contribution in [3.8, 4) is 11.3 Å². The molecule has 2 aliphatic rings. The maximum atomic E-state index is 13.9. The van der Waals surface area contributed by atoms with E-state index in [9.17, 15) is 9.59 Å². The van der Waals surface area contributed by atoms with Crippen LogP contribution in [0.3, 0.4) is 0 Å². The molecular formula is C28H34N4O3S. The van der Waals surface area contributed by atoms with Crippen LogP contribution in [0.15, 0.2) is 47.8 Å². The second-order valence-electron chi connectivity index (χ2n) is 9.74. The van der Waals surface area contributed by atoms with Crippen LogP contribution in [-0.4, -0.2) is 53.5 Å². The van der Waals surface area contributed by atoms with Crippen LogP contribution in [0.4, 0.5) is 0 Å². The number of carbonyl (C=O) groups excluding carboxylic acids is 2. The van der Waals surface area contributed by atoms with Gasteiger partial charge in [0.1, 0.15) is 11.0 Å². The first-order valence-electron chi connectivity index (χ1n) is 12.9. The molecule has 2 aliphatic heterocycles. The third kappa shape index (κ3) is 5.03. The summed E-state index contributed by atoms with van der Waals surface area (Å²) < 4.78 is 5.52. The van der Waals surface area contributed by atoms with Gasteiger partial charge in [0.25, 0.3) is 0 Å². The topological polar surface area (TPSA) is 97.5 Å². The van der Waals surface area contributed by atoms with Crippen molar-refractivity contribution in [3.05, 3.63) is 52.9 Å². The zero-order chi connectivity index (χ0) is 25.1. The van der Waals surface area contributed by atoms with Crippen molar-refractivity contribution in [2.45, 2.75) is 57.2 Å². The molecule has 2 aromatic carbocycles. The van der Waals surface area contributed by atoms with Crippen LogP contribution < -0.4 is 11.1 Å². The average molecular weight is 507 g/mol. The lowest BCUT2D eigenvalue weighted by Gasteiger charge is -2.35. The van der Waals surface area contributed by atoms with Crippen LogP contribution in [0.2, 0.25) is 0 Å². The second-order valence-corrected chi connectivity index (χ2v) is 10.6. The van der Waals surface area contributed by atoms with Gasteiger partial charge >= 0.3 is 0 Å². The molecule has 3 atom stereocenters. The molecular weight excluding hydrogens is 472 g/mol. The molecule has 2 amide bonds. The third-order valence-electron chi connectivity index (χ3n) is 7.49. The summed E-state index contributed by atoms with van der Waals surface area (Å²) in [7, 11) is 0. The Labute approximate surface area is 216 Å². The van der Waals surface area contributed by atoms with Gasteiger partial charge in [-0.3, -0.25) is 9.59 Å². The van der Waals surface area contributed by atoms with Crippen LogP contribution in [-0.2, 0) is 14.3 Å². The van der Waals surface area contributed by atoms with E-state index in [0.29, 0.717) is 26.2 Å². The molecule has 2 saturated heterocycles. The number of nitrogens with two attached hydrogens (primary N) is 1. The number of aromatic nitrogens is 1. The summed E-state index contributed by atoms with van der Waals surface area (Å²) in [6.07, 6.45) is 3.82. The standard InChI is InChI=1S/C28H34N4O3S/c1-2-22(29)26(33)31-25(19-12-15-35-16-13-19)28(34)32-14-6-11-24(32)27-30-23(17-36-27)21-10-5-8-18-7-3-4-9-20(18)21/h3-5,7-10,17,19,22,24-25H,2,6,11-16,29H2,1H3,(H,31,33)/t22-,24-,25-/m0/s1. The predicted octanol–water partition coefficient (Wildman–Crippen LogP) is 4.28. The Kier molecular flexibility index (Phi) is 7.65. The number of nitrogens with one attached hydrogen (secondary N) is 1. The lowest BCUT2D eigenvalue weighted by atomic mass is 9.90. The normalized spacial score (nSPS) is 20.4. The highest BCUT2D eigenvalue weighted by molar-refractivity contribution is 7.10. The summed E-state index contributed by atoms with van der Waals surface area (Å²) >= 11 is 1.61. The number of ether oxygens (including phenoxy) is 1. The molecule has 190 valence electrons. The maximum absolute atomic E-state index is 13.9. The Morgan fingerprint density at radius 3 is 2.75 bits per heavy atom. The van der Waals surface area contributed by atoms with Gasteiger partial charge in [0.05, 0.1) is 17.8 Å².